The van der Waals surface area contributed by atoms with Crippen molar-refractivity contribution in [3.8, 4) is 5.75 Å². The Balaban J connectivity index is 1.85. The molecule has 2 heterocycles. The lowest BCUT2D eigenvalue weighted by atomic mass is 9.94. The van der Waals surface area contributed by atoms with Crippen molar-refractivity contribution in [1.29, 1.82) is 0 Å². The fourth-order valence-corrected chi connectivity index (χ4v) is 2.85. The van der Waals surface area contributed by atoms with Crippen molar-refractivity contribution in [3.63, 3.8) is 0 Å². The highest BCUT2D eigenvalue weighted by Crippen LogP contribution is 2.30. The number of hydrogen-bond donors (Lipinski definition) is 1. The van der Waals surface area contributed by atoms with E-state index in [1.165, 1.54) is 11.3 Å². The molecule has 7 heteroatoms. The van der Waals surface area contributed by atoms with Gasteiger partial charge in [-0.05, 0) is 18.2 Å². The van der Waals surface area contributed by atoms with Gasteiger partial charge in [-0.1, -0.05) is 11.6 Å². The number of Topliss-reactive ketones (excluding diaryl/α,β-unsaturated/α-hetero) is 1. The minimum Gasteiger partial charge on any atom is -0.493 e. The molecule has 1 atom stereocenters. The molecule has 1 aliphatic heterocycles. The molecule has 1 unspecified atom stereocenters. The molecule has 0 bridgehead atoms. The van der Waals surface area contributed by atoms with Crippen LogP contribution in [0.1, 0.15) is 16.8 Å². The van der Waals surface area contributed by atoms with E-state index in [9.17, 15) is 9.59 Å². The second-order valence-corrected chi connectivity index (χ2v) is 5.85. The third-order valence-electron chi connectivity index (χ3n) is 3.17. The van der Waals surface area contributed by atoms with E-state index in [-0.39, 0.29) is 18.3 Å². The van der Waals surface area contributed by atoms with E-state index in [0.29, 0.717) is 27.9 Å². The van der Waals surface area contributed by atoms with Gasteiger partial charge in [0.1, 0.15) is 11.7 Å². The molecule has 0 saturated carbocycles. The molecule has 0 aliphatic carbocycles. The van der Waals surface area contributed by atoms with Crippen LogP contribution in [0.4, 0.5) is 5.13 Å². The number of fused-ring (bicyclic) bond motifs is 1. The summed E-state index contributed by atoms with van der Waals surface area (Å²) in [6, 6.07) is 4.80. The largest absolute Gasteiger partial charge is 0.493 e. The van der Waals surface area contributed by atoms with Gasteiger partial charge in [0, 0.05) is 23.0 Å². The van der Waals surface area contributed by atoms with Crippen LogP contribution in [0.2, 0.25) is 5.02 Å². The van der Waals surface area contributed by atoms with Crippen LogP contribution in [0, 0.1) is 5.92 Å². The van der Waals surface area contributed by atoms with Gasteiger partial charge < -0.3 is 10.1 Å². The molecule has 5 nitrogen and oxygen atoms in total. The number of ether oxygens (including phenoxy) is 1. The van der Waals surface area contributed by atoms with Crippen LogP contribution in [-0.2, 0) is 4.79 Å². The van der Waals surface area contributed by atoms with Crippen LogP contribution in [-0.4, -0.2) is 23.3 Å². The molecule has 3 rings (SSSR count). The maximum absolute atomic E-state index is 12.5. The fourth-order valence-electron chi connectivity index (χ4n) is 2.15. The van der Waals surface area contributed by atoms with Crippen molar-refractivity contribution in [3.05, 3.63) is 40.4 Å². The molecule has 1 aliphatic rings. The molecule has 0 spiro atoms. The van der Waals surface area contributed by atoms with E-state index in [1.807, 2.05) is 0 Å². The summed E-state index contributed by atoms with van der Waals surface area (Å²) in [5, 5.41) is 5.39. The third kappa shape index (κ3) is 2.91. The maximum Gasteiger partial charge on any atom is 0.237 e. The number of nitrogens with zero attached hydrogens (tertiary/aromatic N) is 1. The lowest BCUT2D eigenvalue weighted by Crippen LogP contribution is -2.29. The summed E-state index contributed by atoms with van der Waals surface area (Å²) < 4.78 is 5.52. The second kappa shape index (κ2) is 5.83. The second-order valence-electron chi connectivity index (χ2n) is 4.52. The number of benzene rings is 1. The molecule has 0 fully saturated rings. The van der Waals surface area contributed by atoms with Gasteiger partial charge in [0.05, 0.1) is 12.2 Å². The molecule has 21 heavy (non-hydrogen) atoms. The lowest BCUT2D eigenvalue weighted by Gasteiger charge is -2.11. The summed E-state index contributed by atoms with van der Waals surface area (Å²) in [7, 11) is 0. The number of amides is 1. The van der Waals surface area contributed by atoms with Crippen molar-refractivity contribution in [2.75, 3.05) is 11.9 Å². The molecule has 0 saturated heterocycles. The van der Waals surface area contributed by atoms with Gasteiger partial charge in [-0.3, -0.25) is 9.59 Å². The highest BCUT2D eigenvalue weighted by Gasteiger charge is 2.32. The molecular weight excluding hydrogens is 312 g/mol. The third-order valence-corrected chi connectivity index (χ3v) is 4.09. The first kappa shape index (κ1) is 14.0. The van der Waals surface area contributed by atoms with Gasteiger partial charge in [0.25, 0.3) is 0 Å². The Morgan fingerprint density at radius 3 is 3.10 bits per heavy atom. The van der Waals surface area contributed by atoms with E-state index >= 15 is 0 Å². The number of anilines is 1. The Hall–Kier alpha value is -1.92. The number of carbonyl (C=O) groups excluding carboxylic acids is 2. The van der Waals surface area contributed by atoms with Gasteiger partial charge in [0.2, 0.25) is 5.91 Å². The van der Waals surface area contributed by atoms with Crippen molar-refractivity contribution >= 4 is 39.8 Å². The zero-order chi connectivity index (χ0) is 14.8. The van der Waals surface area contributed by atoms with Gasteiger partial charge in [-0.25, -0.2) is 4.98 Å². The van der Waals surface area contributed by atoms with E-state index in [2.05, 4.69) is 10.3 Å². The number of hydrogen-bond acceptors (Lipinski definition) is 5. The molecule has 1 aromatic carbocycles. The van der Waals surface area contributed by atoms with Crippen molar-refractivity contribution < 1.29 is 14.3 Å². The Bertz CT molecular complexity index is 688. The van der Waals surface area contributed by atoms with Gasteiger partial charge >= 0.3 is 0 Å². The van der Waals surface area contributed by atoms with Crippen molar-refractivity contribution in [2.45, 2.75) is 6.42 Å². The maximum atomic E-state index is 12.5. The molecule has 2 aromatic rings. The number of thiazole rings is 1. The number of carbonyl (C=O) groups is 2. The Labute approximate surface area is 129 Å². The first-order valence-corrected chi connectivity index (χ1v) is 7.58. The fraction of sp³-hybridized carbons (Fsp3) is 0.214. The summed E-state index contributed by atoms with van der Waals surface area (Å²) >= 11 is 7.20. The first-order chi connectivity index (χ1) is 10.1. The number of rotatable bonds is 2. The summed E-state index contributed by atoms with van der Waals surface area (Å²) in [6.45, 7) is 0.287. The Morgan fingerprint density at radius 1 is 1.48 bits per heavy atom. The van der Waals surface area contributed by atoms with Crippen LogP contribution in [0.5, 0.6) is 5.75 Å². The minimum atomic E-state index is -0.781. The highest BCUT2D eigenvalue weighted by molar-refractivity contribution is 7.13. The van der Waals surface area contributed by atoms with Crippen LogP contribution in [0.3, 0.4) is 0 Å². The zero-order valence-electron chi connectivity index (χ0n) is 10.8. The SMILES string of the molecule is O=C(Nc1nccs1)C1CCOc2cc(Cl)ccc2C1=O. The number of aromatic nitrogens is 1. The average molecular weight is 323 g/mol. The zero-order valence-corrected chi connectivity index (χ0v) is 12.4. The van der Waals surface area contributed by atoms with Gasteiger partial charge in [0.15, 0.2) is 10.9 Å². The Morgan fingerprint density at radius 2 is 2.33 bits per heavy atom. The molecule has 108 valence electrons. The van der Waals surface area contributed by atoms with Crippen molar-refractivity contribution in [2.24, 2.45) is 5.92 Å². The highest BCUT2D eigenvalue weighted by atomic mass is 35.5. The normalized spacial score (nSPS) is 17.6. The number of ketones is 1. The van der Waals surface area contributed by atoms with E-state index < -0.39 is 5.92 Å². The van der Waals surface area contributed by atoms with Crippen LogP contribution >= 0.6 is 22.9 Å². The lowest BCUT2D eigenvalue weighted by molar-refractivity contribution is -0.118. The summed E-state index contributed by atoms with van der Waals surface area (Å²) in [5.74, 6) is -0.969. The van der Waals surface area contributed by atoms with Crippen LogP contribution < -0.4 is 10.1 Å². The minimum absolute atomic E-state index is 0.256. The van der Waals surface area contributed by atoms with Gasteiger partial charge in [-0.2, -0.15) is 0 Å². The average Bonchev–Trinajstić information content (AvgIpc) is 2.90. The molecule has 1 amide bonds. The molecule has 1 aromatic heterocycles. The monoisotopic (exact) mass is 322 g/mol. The standard InChI is InChI=1S/C14H11ClN2O3S/c15-8-1-2-9-11(7-8)20-5-3-10(12(9)18)13(19)17-14-16-4-6-21-14/h1-2,4,6-7,10H,3,5H2,(H,16,17,19). The predicted octanol–water partition coefficient (Wildman–Crippen LogP) is 3.02. The summed E-state index contributed by atoms with van der Waals surface area (Å²) in [5.41, 5.74) is 0.385. The number of halogens is 1. The van der Waals surface area contributed by atoms with Crippen LogP contribution in [0.15, 0.2) is 29.8 Å². The summed E-state index contributed by atoms with van der Waals surface area (Å²) in [6.07, 6.45) is 1.91. The van der Waals surface area contributed by atoms with E-state index in [1.54, 1.807) is 29.8 Å². The first-order valence-electron chi connectivity index (χ1n) is 6.32. The molecule has 0 radical (unpaired) electrons. The van der Waals surface area contributed by atoms with Gasteiger partial charge in [-0.15, -0.1) is 11.3 Å². The Kier molecular flexibility index (Phi) is 3.90. The van der Waals surface area contributed by atoms with E-state index in [0.717, 1.165) is 0 Å². The summed E-state index contributed by atoms with van der Waals surface area (Å²) in [4.78, 5) is 28.8. The molecule has 1 N–H and O–H groups in total. The number of nitrogens with one attached hydrogen (secondary N) is 1. The van der Waals surface area contributed by atoms with E-state index in [4.69, 9.17) is 16.3 Å². The predicted molar refractivity (Wildman–Crippen MR) is 80.1 cm³/mol. The topological polar surface area (TPSA) is 68.3 Å². The van der Waals surface area contributed by atoms with Crippen molar-refractivity contribution in [1.82, 2.24) is 4.98 Å². The quantitative estimate of drug-likeness (QED) is 0.863. The van der Waals surface area contributed by atoms with Crippen LogP contribution in [0.25, 0.3) is 0 Å². The molecular formula is C14H11ClN2O3S. The smallest absolute Gasteiger partial charge is 0.237 e.